The number of rotatable bonds is 4. The summed E-state index contributed by atoms with van der Waals surface area (Å²) in [4.78, 5) is 32.2. The van der Waals surface area contributed by atoms with Gasteiger partial charge in [0.15, 0.2) is 0 Å². The third-order valence-electron chi connectivity index (χ3n) is 5.55. The van der Waals surface area contributed by atoms with Gasteiger partial charge in [0.2, 0.25) is 5.91 Å². The average Bonchev–Trinajstić information content (AvgIpc) is 3.16. The molecule has 6 nitrogen and oxygen atoms in total. The number of piperazine rings is 1. The molecule has 2 saturated heterocycles. The van der Waals surface area contributed by atoms with E-state index in [4.69, 9.17) is 16.3 Å². The first-order chi connectivity index (χ1) is 12.9. The first-order valence-electron chi connectivity index (χ1n) is 9.59. The fraction of sp³-hybridized carbons (Fsp3) is 0.600. The summed E-state index contributed by atoms with van der Waals surface area (Å²) < 4.78 is 5.32. The Morgan fingerprint density at radius 1 is 1.15 bits per heavy atom. The van der Waals surface area contributed by atoms with Crippen molar-refractivity contribution in [2.24, 2.45) is 0 Å². The molecule has 0 aliphatic carbocycles. The molecule has 2 aliphatic heterocycles. The second-order valence-corrected chi connectivity index (χ2v) is 7.89. The van der Waals surface area contributed by atoms with Crippen LogP contribution in [0.2, 0.25) is 5.02 Å². The molecule has 1 atom stereocenters. The van der Waals surface area contributed by atoms with Gasteiger partial charge in [0.25, 0.3) is 5.91 Å². The SMILES string of the molecule is COc1ccc(Cl)cc1C(=O)N1CCCC1C(=O)N1CCN(C(C)C)CC1. The van der Waals surface area contributed by atoms with Crippen molar-refractivity contribution >= 4 is 23.4 Å². The fourth-order valence-corrected chi connectivity index (χ4v) is 4.11. The lowest BCUT2D eigenvalue weighted by molar-refractivity contribution is -0.137. The predicted molar refractivity (Wildman–Crippen MR) is 105 cm³/mol. The van der Waals surface area contributed by atoms with Crippen LogP contribution in [0.4, 0.5) is 0 Å². The molecule has 148 valence electrons. The molecule has 0 spiro atoms. The van der Waals surface area contributed by atoms with Crippen LogP contribution in [0.3, 0.4) is 0 Å². The number of hydrogen-bond acceptors (Lipinski definition) is 4. The highest BCUT2D eigenvalue weighted by Gasteiger charge is 2.38. The van der Waals surface area contributed by atoms with Gasteiger partial charge in [0, 0.05) is 43.8 Å². The molecule has 1 aromatic carbocycles. The Bertz CT molecular complexity index is 702. The standard InChI is InChI=1S/C20H28ClN3O3/c1-14(2)22-9-11-23(12-10-22)20(26)17-5-4-8-24(17)19(25)16-13-15(21)6-7-18(16)27-3/h6-7,13-14,17H,4-5,8-12H2,1-3H3. The van der Waals surface area contributed by atoms with Crippen LogP contribution in [0.1, 0.15) is 37.0 Å². The van der Waals surface area contributed by atoms with E-state index in [0.717, 1.165) is 32.6 Å². The van der Waals surface area contributed by atoms with Gasteiger partial charge in [0.05, 0.1) is 12.7 Å². The van der Waals surface area contributed by atoms with E-state index in [1.807, 2.05) is 4.90 Å². The van der Waals surface area contributed by atoms with E-state index >= 15 is 0 Å². The molecule has 0 saturated carbocycles. The van der Waals surface area contributed by atoms with Gasteiger partial charge < -0.3 is 14.5 Å². The smallest absolute Gasteiger partial charge is 0.258 e. The molecule has 2 amide bonds. The van der Waals surface area contributed by atoms with Crippen LogP contribution in [0, 0.1) is 0 Å². The minimum Gasteiger partial charge on any atom is -0.496 e. The van der Waals surface area contributed by atoms with Gasteiger partial charge in [-0.2, -0.15) is 0 Å². The number of amides is 2. The van der Waals surface area contributed by atoms with E-state index in [1.54, 1.807) is 23.1 Å². The van der Waals surface area contributed by atoms with Crippen LogP contribution in [0.15, 0.2) is 18.2 Å². The first kappa shape index (κ1) is 20.0. The van der Waals surface area contributed by atoms with Crippen molar-refractivity contribution in [3.8, 4) is 5.75 Å². The number of benzene rings is 1. The predicted octanol–water partition coefficient (Wildman–Crippen LogP) is 2.51. The molecule has 2 fully saturated rings. The lowest BCUT2D eigenvalue weighted by Crippen LogP contribution is -2.55. The fourth-order valence-electron chi connectivity index (χ4n) is 3.94. The molecule has 0 radical (unpaired) electrons. The van der Waals surface area contributed by atoms with Gasteiger partial charge in [-0.15, -0.1) is 0 Å². The van der Waals surface area contributed by atoms with Gasteiger partial charge in [-0.3, -0.25) is 14.5 Å². The molecular weight excluding hydrogens is 366 g/mol. The van der Waals surface area contributed by atoms with Crippen LogP contribution in [-0.2, 0) is 4.79 Å². The highest BCUT2D eigenvalue weighted by molar-refractivity contribution is 6.31. The minimum atomic E-state index is -0.396. The number of methoxy groups -OCH3 is 1. The molecule has 7 heteroatoms. The third kappa shape index (κ3) is 4.22. The molecule has 3 rings (SSSR count). The van der Waals surface area contributed by atoms with Crippen molar-refractivity contribution in [2.75, 3.05) is 39.8 Å². The van der Waals surface area contributed by atoms with Gasteiger partial charge in [-0.05, 0) is 44.9 Å². The molecule has 0 N–H and O–H groups in total. The Morgan fingerprint density at radius 3 is 2.48 bits per heavy atom. The van der Waals surface area contributed by atoms with E-state index in [0.29, 0.717) is 35.3 Å². The van der Waals surface area contributed by atoms with Crippen molar-refractivity contribution in [1.29, 1.82) is 0 Å². The zero-order valence-electron chi connectivity index (χ0n) is 16.3. The lowest BCUT2D eigenvalue weighted by Gasteiger charge is -2.39. The maximum Gasteiger partial charge on any atom is 0.258 e. The summed E-state index contributed by atoms with van der Waals surface area (Å²) in [6, 6.07) is 5.09. The second kappa shape index (κ2) is 8.48. The van der Waals surface area contributed by atoms with Gasteiger partial charge in [-0.1, -0.05) is 11.6 Å². The maximum atomic E-state index is 13.1. The van der Waals surface area contributed by atoms with E-state index in [9.17, 15) is 9.59 Å². The van der Waals surface area contributed by atoms with Crippen molar-refractivity contribution in [2.45, 2.75) is 38.8 Å². The Kier molecular flexibility index (Phi) is 6.27. The van der Waals surface area contributed by atoms with E-state index in [2.05, 4.69) is 18.7 Å². The molecule has 0 bridgehead atoms. The lowest BCUT2D eigenvalue weighted by atomic mass is 10.1. The van der Waals surface area contributed by atoms with Crippen LogP contribution < -0.4 is 4.74 Å². The van der Waals surface area contributed by atoms with Crippen LogP contribution in [0.5, 0.6) is 5.75 Å². The minimum absolute atomic E-state index is 0.0604. The highest BCUT2D eigenvalue weighted by Crippen LogP contribution is 2.28. The largest absolute Gasteiger partial charge is 0.496 e. The van der Waals surface area contributed by atoms with Gasteiger partial charge in [0.1, 0.15) is 11.8 Å². The topological polar surface area (TPSA) is 53.1 Å². The van der Waals surface area contributed by atoms with Crippen LogP contribution in [0.25, 0.3) is 0 Å². The van der Waals surface area contributed by atoms with E-state index < -0.39 is 6.04 Å². The molecule has 2 heterocycles. The molecule has 1 aromatic rings. The van der Waals surface area contributed by atoms with Crippen molar-refractivity contribution in [3.63, 3.8) is 0 Å². The Morgan fingerprint density at radius 2 is 1.85 bits per heavy atom. The third-order valence-corrected chi connectivity index (χ3v) is 5.78. The van der Waals surface area contributed by atoms with Crippen LogP contribution in [-0.4, -0.2) is 78.4 Å². The zero-order chi connectivity index (χ0) is 19.6. The summed E-state index contributed by atoms with van der Waals surface area (Å²) in [6.45, 7) is 8.13. The Labute approximate surface area is 166 Å². The van der Waals surface area contributed by atoms with Crippen molar-refractivity contribution < 1.29 is 14.3 Å². The molecule has 2 aliphatic rings. The average molecular weight is 394 g/mol. The zero-order valence-corrected chi connectivity index (χ0v) is 17.0. The summed E-state index contributed by atoms with van der Waals surface area (Å²) in [7, 11) is 1.53. The normalized spacial score (nSPS) is 21.0. The number of nitrogens with zero attached hydrogens (tertiary/aromatic N) is 3. The summed E-state index contributed by atoms with van der Waals surface area (Å²) in [6.07, 6.45) is 1.54. The maximum absolute atomic E-state index is 13.1. The monoisotopic (exact) mass is 393 g/mol. The number of carbonyl (C=O) groups is 2. The number of likely N-dealkylation sites (tertiary alicyclic amines) is 1. The Balaban J connectivity index is 1.73. The number of carbonyl (C=O) groups excluding carboxylic acids is 2. The molecule has 1 unspecified atom stereocenters. The van der Waals surface area contributed by atoms with Crippen molar-refractivity contribution in [3.05, 3.63) is 28.8 Å². The molecule has 27 heavy (non-hydrogen) atoms. The van der Waals surface area contributed by atoms with Gasteiger partial charge >= 0.3 is 0 Å². The quantitative estimate of drug-likeness (QED) is 0.788. The summed E-state index contributed by atoms with van der Waals surface area (Å²) in [5.41, 5.74) is 0.411. The van der Waals surface area contributed by atoms with Gasteiger partial charge in [-0.25, -0.2) is 0 Å². The summed E-state index contributed by atoms with van der Waals surface area (Å²) in [5, 5.41) is 0.478. The van der Waals surface area contributed by atoms with E-state index in [1.165, 1.54) is 7.11 Å². The number of hydrogen-bond donors (Lipinski definition) is 0. The number of ether oxygens (including phenoxy) is 1. The first-order valence-corrected chi connectivity index (χ1v) is 9.97. The van der Waals surface area contributed by atoms with Crippen molar-refractivity contribution in [1.82, 2.24) is 14.7 Å². The molecular formula is C20H28ClN3O3. The highest BCUT2D eigenvalue weighted by atomic mass is 35.5. The second-order valence-electron chi connectivity index (χ2n) is 7.46. The summed E-state index contributed by atoms with van der Waals surface area (Å²) in [5.74, 6) is 0.351. The number of halogens is 1. The van der Waals surface area contributed by atoms with E-state index in [-0.39, 0.29) is 11.8 Å². The molecule has 0 aromatic heterocycles. The Hall–Kier alpha value is -1.79. The van der Waals surface area contributed by atoms with Crippen LogP contribution >= 0.6 is 11.6 Å². The summed E-state index contributed by atoms with van der Waals surface area (Å²) >= 11 is 6.08.